The normalized spacial score (nSPS) is 19.5. The molecule has 0 radical (unpaired) electrons. The van der Waals surface area contributed by atoms with Crippen LogP contribution < -0.4 is 10.3 Å². The quantitative estimate of drug-likeness (QED) is 0.889. The molecule has 0 unspecified atom stereocenters. The average Bonchev–Trinajstić information content (AvgIpc) is 3.12. The highest BCUT2D eigenvalue weighted by molar-refractivity contribution is 5.94. The Balaban J connectivity index is 1.87. The first-order valence-electron chi connectivity index (χ1n) is 8.30. The van der Waals surface area contributed by atoms with Gasteiger partial charge in [0.1, 0.15) is 11.4 Å². The lowest BCUT2D eigenvalue weighted by Gasteiger charge is -2.37. The minimum atomic E-state index is -1.18. The molecule has 1 saturated heterocycles. The largest absolute Gasteiger partial charge is 0.497 e. The zero-order valence-electron chi connectivity index (χ0n) is 14.4. The summed E-state index contributed by atoms with van der Waals surface area (Å²) in [6.45, 7) is 2.31. The lowest BCUT2D eigenvalue weighted by atomic mass is 9.86. The minimum absolute atomic E-state index is 0.187. The van der Waals surface area contributed by atoms with Gasteiger partial charge in [-0.3, -0.25) is 9.59 Å². The second-order valence-electron chi connectivity index (χ2n) is 6.47. The molecule has 0 saturated carbocycles. The number of rotatable bonds is 4. The van der Waals surface area contributed by atoms with Crippen molar-refractivity contribution in [3.05, 3.63) is 64.1 Å². The summed E-state index contributed by atoms with van der Waals surface area (Å²) < 4.78 is 5.16. The Hall–Kier alpha value is -2.60. The van der Waals surface area contributed by atoms with E-state index in [-0.39, 0.29) is 17.5 Å². The van der Waals surface area contributed by atoms with Gasteiger partial charge < -0.3 is 19.7 Å². The van der Waals surface area contributed by atoms with Crippen molar-refractivity contribution in [1.82, 2.24) is 9.88 Å². The number of amides is 1. The Bertz CT molecular complexity index is 790. The van der Waals surface area contributed by atoms with Crippen molar-refractivity contribution in [3.8, 4) is 5.75 Å². The maximum atomic E-state index is 12.8. The molecule has 2 N–H and O–H groups in total. The smallest absolute Gasteiger partial charge is 0.255 e. The summed E-state index contributed by atoms with van der Waals surface area (Å²) >= 11 is 0. The number of carbonyl (C=O) groups is 1. The molecule has 1 aliphatic heterocycles. The summed E-state index contributed by atoms with van der Waals surface area (Å²) in [6.07, 6.45) is 2.96. The van der Waals surface area contributed by atoms with Crippen LogP contribution in [0.15, 0.2) is 47.4 Å². The summed E-state index contributed by atoms with van der Waals surface area (Å²) in [4.78, 5) is 28.2. The summed E-state index contributed by atoms with van der Waals surface area (Å²) in [7, 11) is 1.59. The van der Waals surface area contributed by atoms with Crippen molar-refractivity contribution in [2.24, 2.45) is 0 Å². The Labute approximate surface area is 146 Å². The minimum Gasteiger partial charge on any atom is -0.497 e. The van der Waals surface area contributed by atoms with E-state index < -0.39 is 5.60 Å². The van der Waals surface area contributed by atoms with E-state index in [0.29, 0.717) is 24.3 Å². The van der Waals surface area contributed by atoms with E-state index in [4.69, 9.17) is 4.74 Å². The first kappa shape index (κ1) is 17.2. The number of likely N-dealkylation sites (tertiary alicyclic amines) is 1. The van der Waals surface area contributed by atoms with Gasteiger partial charge in [0.2, 0.25) is 5.56 Å². The van der Waals surface area contributed by atoms with Crippen molar-refractivity contribution in [3.63, 3.8) is 0 Å². The number of aliphatic hydroxyl groups is 1. The third kappa shape index (κ3) is 3.30. The van der Waals surface area contributed by atoms with E-state index in [1.807, 2.05) is 12.1 Å². The van der Waals surface area contributed by atoms with Gasteiger partial charge in [-0.2, -0.15) is 0 Å². The number of pyridine rings is 1. The van der Waals surface area contributed by atoms with Gasteiger partial charge in [-0.1, -0.05) is 12.1 Å². The van der Waals surface area contributed by atoms with E-state index in [1.54, 1.807) is 31.1 Å². The second-order valence-corrected chi connectivity index (χ2v) is 6.47. The molecule has 0 spiro atoms. The highest BCUT2D eigenvalue weighted by Gasteiger charge is 2.42. The molecule has 6 heteroatoms. The maximum Gasteiger partial charge on any atom is 0.255 e. The predicted octanol–water partition coefficient (Wildman–Crippen LogP) is 1.90. The molecule has 132 valence electrons. The lowest BCUT2D eigenvalue weighted by molar-refractivity contribution is -0.0177. The molecule has 1 aliphatic rings. The molecule has 1 aromatic heterocycles. The molecule has 6 nitrogen and oxygen atoms in total. The molecule has 0 bridgehead atoms. The van der Waals surface area contributed by atoms with Gasteiger partial charge in [-0.05, 0) is 43.5 Å². The number of ether oxygens (including phenoxy) is 1. The average molecular weight is 342 g/mol. The van der Waals surface area contributed by atoms with Crippen molar-refractivity contribution >= 4 is 5.91 Å². The van der Waals surface area contributed by atoms with Crippen LogP contribution in [0.4, 0.5) is 0 Å². The van der Waals surface area contributed by atoms with Crippen LogP contribution in [0.2, 0.25) is 0 Å². The Morgan fingerprint density at radius 1 is 1.28 bits per heavy atom. The van der Waals surface area contributed by atoms with Crippen molar-refractivity contribution in [2.45, 2.75) is 31.4 Å². The first-order valence-corrected chi connectivity index (χ1v) is 8.30. The van der Waals surface area contributed by atoms with Gasteiger partial charge >= 0.3 is 0 Å². The Morgan fingerprint density at radius 2 is 2.00 bits per heavy atom. The zero-order chi connectivity index (χ0) is 18.0. The third-order valence-electron chi connectivity index (χ3n) is 4.87. The molecule has 1 fully saturated rings. The summed E-state index contributed by atoms with van der Waals surface area (Å²) in [6, 6.07) is 9.75. The van der Waals surface area contributed by atoms with Crippen LogP contribution in [0, 0.1) is 0 Å². The summed E-state index contributed by atoms with van der Waals surface area (Å²) in [5.41, 5.74) is -0.281. The van der Waals surface area contributed by atoms with Crippen LogP contribution in [-0.2, 0) is 5.60 Å². The number of nitrogens with zero attached hydrogens (tertiary/aromatic N) is 1. The summed E-state index contributed by atoms with van der Waals surface area (Å²) in [5.74, 6) is 0.527. The van der Waals surface area contributed by atoms with E-state index in [2.05, 4.69) is 4.98 Å². The zero-order valence-corrected chi connectivity index (χ0v) is 14.4. The number of benzene rings is 1. The number of aromatic nitrogens is 1. The number of H-pyrrole nitrogens is 1. The number of methoxy groups -OCH3 is 1. The van der Waals surface area contributed by atoms with E-state index in [9.17, 15) is 14.7 Å². The molecular weight excluding hydrogens is 320 g/mol. The molecule has 25 heavy (non-hydrogen) atoms. The van der Waals surface area contributed by atoms with Gasteiger partial charge in [-0.15, -0.1) is 0 Å². The second kappa shape index (κ2) is 6.72. The van der Waals surface area contributed by atoms with Crippen LogP contribution in [0.5, 0.6) is 5.75 Å². The monoisotopic (exact) mass is 342 g/mol. The maximum absolute atomic E-state index is 12.8. The van der Waals surface area contributed by atoms with E-state index >= 15 is 0 Å². The number of hydrogen-bond acceptors (Lipinski definition) is 4. The van der Waals surface area contributed by atoms with Gasteiger partial charge in [0, 0.05) is 18.8 Å². The first-order chi connectivity index (χ1) is 11.9. The van der Waals surface area contributed by atoms with Crippen LogP contribution in [0.3, 0.4) is 0 Å². The number of aromatic amines is 1. The van der Waals surface area contributed by atoms with Gasteiger partial charge in [0.15, 0.2) is 0 Å². The third-order valence-corrected chi connectivity index (χ3v) is 4.87. The highest BCUT2D eigenvalue weighted by atomic mass is 16.5. The van der Waals surface area contributed by atoms with Gasteiger partial charge in [0.05, 0.1) is 18.7 Å². The van der Waals surface area contributed by atoms with Crippen molar-refractivity contribution in [1.29, 1.82) is 0 Å². The number of carbonyl (C=O) groups excluding carboxylic acids is 1. The van der Waals surface area contributed by atoms with Crippen LogP contribution in [0.1, 0.15) is 35.7 Å². The molecule has 2 atom stereocenters. The van der Waals surface area contributed by atoms with Crippen LogP contribution >= 0.6 is 0 Å². The van der Waals surface area contributed by atoms with Gasteiger partial charge in [0.25, 0.3) is 5.91 Å². The van der Waals surface area contributed by atoms with E-state index in [0.717, 1.165) is 12.0 Å². The molecule has 1 amide bonds. The molecule has 3 rings (SSSR count). The van der Waals surface area contributed by atoms with Crippen LogP contribution in [0.25, 0.3) is 0 Å². The SMILES string of the molecule is COc1ccc([C@](C)(O)[C@H]2CCCN2C(=O)c2ccc(=O)[nH]c2)cc1. The van der Waals surface area contributed by atoms with Crippen molar-refractivity contribution in [2.75, 3.05) is 13.7 Å². The predicted molar refractivity (Wildman–Crippen MR) is 93.7 cm³/mol. The number of nitrogens with one attached hydrogen (secondary N) is 1. The van der Waals surface area contributed by atoms with E-state index in [1.165, 1.54) is 18.3 Å². The molecule has 2 aromatic rings. The fourth-order valence-corrected chi connectivity index (χ4v) is 3.42. The van der Waals surface area contributed by atoms with Crippen LogP contribution in [-0.4, -0.2) is 40.6 Å². The fourth-order valence-electron chi connectivity index (χ4n) is 3.42. The fraction of sp³-hybridized carbons (Fsp3) is 0.368. The highest BCUT2D eigenvalue weighted by Crippen LogP contribution is 2.36. The topological polar surface area (TPSA) is 82.6 Å². The standard InChI is InChI=1S/C19H22N2O4/c1-19(24,14-6-8-15(25-2)9-7-14)16-4-3-11-21(16)18(23)13-5-10-17(22)20-12-13/h5-10,12,16,24H,3-4,11H2,1-2H3,(H,20,22)/t16-,19+/m1/s1. The van der Waals surface area contributed by atoms with Crippen molar-refractivity contribution < 1.29 is 14.6 Å². The molecule has 1 aromatic carbocycles. The molecule has 2 heterocycles. The van der Waals surface area contributed by atoms with Gasteiger partial charge in [-0.25, -0.2) is 0 Å². The number of hydrogen-bond donors (Lipinski definition) is 2. The summed E-state index contributed by atoms with van der Waals surface area (Å²) in [5, 5.41) is 11.2. The molecular formula is C19H22N2O4. The Morgan fingerprint density at radius 3 is 2.60 bits per heavy atom. The lowest BCUT2D eigenvalue weighted by Crippen LogP contribution is -2.48. The Kier molecular flexibility index (Phi) is 4.63. The molecule has 0 aliphatic carbocycles.